The molecule has 0 aromatic carbocycles. The molecule has 1 atom stereocenters. The molecule has 0 aromatic rings. The predicted molar refractivity (Wildman–Crippen MR) is 95.8 cm³/mol. The summed E-state index contributed by atoms with van der Waals surface area (Å²) in [6.07, 6.45) is 19.3. The van der Waals surface area contributed by atoms with Crippen LogP contribution in [-0.2, 0) is 0 Å². The van der Waals surface area contributed by atoms with Crippen LogP contribution >= 0.6 is 0 Å². The molecule has 0 aliphatic rings. The van der Waals surface area contributed by atoms with Crippen molar-refractivity contribution in [1.29, 1.82) is 0 Å². The van der Waals surface area contributed by atoms with E-state index in [0.29, 0.717) is 5.92 Å². The van der Waals surface area contributed by atoms with E-state index in [4.69, 9.17) is 0 Å². The molecule has 0 radical (unpaired) electrons. The third-order valence-electron chi connectivity index (χ3n) is 4.75. The average Bonchev–Trinajstić information content (AvgIpc) is 2.49. The van der Waals surface area contributed by atoms with Crippen molar-refractivity contribution in [3.05, 3.63) is 0 Å². The molecule has 0 rings (SSSR count). The maximum absolute atomic E-state index is 10.5. The van der Waals surface area contributed by atoms with Crippen molar-refractivity contribution < 1.29 is 5.11 Å². The van der Waals surface area contributed by atoms with Crippen LogP contribution in [0, 0.1) is 5.92 Å². The topological polar surface area (TPSA) is 20.2 Å². The normalized spacial score (nSPS) is 13.0. The zero-order chi connectivity index (χ0) is 15.8. The van der Waals surface area contributed by atoms with Crippen molar-refractivity contribution >= 4 is 0 Å². The molecule has 0 amide bonds. The molecule has 0 aliphatic heterocycles. The minimum absolute atomic E-state index is 0.0369. The van der Waals surface area contributed by atoms with Gasteiger partial charge in [0.2, 0.25) is 0 Å². The van der Waals surface area contributed by atoms with Gasteiger partial charge in [0.25, 0.3) is 0 Å². The van der Waals surface area contributed by atoms with Crippen molar-refractivity contribution in [2.24, 2.45) is 5.92 Å². The molecule has 0 fully saturated rings. The largest absolute Gasteiger partial charge is 0.393 e. The van der Waals surface area contributed by atoms with Crippen LogP contribution < -0.4 is 0 Å². The average molecular weight is 299 g/mol. The molecule has 0 aromatic heterocycles. The van der Waals surface area contributed by atoms with Gasteiger partial charge in [0, 0.05) is 0 Å². The molecule has 128 valence electrons. The zero-order valence-corrected chi connectivity index (χ0v) is 15.2. The lowest BCUT2D eigenvalue weighted by Crippen LogP contribution is -2.20. The van der Waals surface area contributed by atoms with E-state index in [0.717, 1.165) is 6.42 Å². The first-order chi connectivity index (χ1) is 10.3. The van der Waals surface area contributed by atoms with Crippen molar-refractivity contribution in [2.75, 3.05) is 0 Å². The number of hydrogen-bond donors (Lipinski definition) is 1. The Bertz CT molecular complexity index is 178. The Kier molecular flexibility index (Phi) is 16.3. The maximum atomic E-state index is 10.5. The van der Waals surface area contributed by atoms with Crippen LogP contribution in [0.1, 0.15) is 117 Å². The van der Waals surface area contributed by atoms with Crippen LogP contribution in [0.5, 0.6) is 0 Å². The van der Waals surface area contributed by atoms with E-state index in [-0.39, 0.29) is 6.10 Å². The summed E-state index contributed by atoms with van der Waals surface area (Å²) in [6, 6.07) is 0. The molecule has 0 aliphatic carbocycles. The first kappa shape index (κ1) is 21.0. The Morgan fingerprint density at radius 3 is 1.29 bits per heavy atom. The van der Waals surface area contributed by atoms with Crippen molar-refractivity contribution in [1.82, 2.24) is 0 Å². The first-order valence-electron chi connectivity index (χ1n) is 9.94. The van der Waals surface area contributed by atoms with Crippen molar-refractivity contribution in [3.63, 3.8) is 0 Å². The van der Waals surface area contributed by atoms with Gasteiger partial charge in [-0.15, -0.1) is 0 Å². The SMILES string of the molecule is CCCCCCC(O)C(CCCCCC)CCCCCC. The van der Waals surface area contributed by atoms with Crippen molar-refractivity contribution in [2.45, 2.75) is 123 Å². The Balaban J connectivity index is 3.95. The number of aliphatic hydroxyl groups is 1. The summed E-state index contributed by atoms with van der Waals surface area (Å²) in [5.41, 5.74) is 0. The van der Waals surface area contributed by atoms with Crippen LogP contribution in [-0.4, -0.2) is 11.2 Å². The number of hydrogen-bond acceptors (Lipinski definition) is 1. The van der Waals surface area contributed by atoms with Crippen molar-refractivity contribution in [3.8, 4) is 0 Å². The third kappa shape index (κ3) is 13.4. The fraction of sp³-hybridized carbons (Fsp3) is 1.00. The van der Waals surface area contributed by atoms with E-state index in [9.17, 15) is 5.11 Å². The fourth-order valence-electron chi connectivity index (χ4n) is 3.21. The Labute approximate surface area is 134 Å². The maximum Gasteiger partial charge on any atom is 0.0568 e. The molecule has 1 heteroatoms. The summed E-state index contributed by atoms with van der Waals surface area (Å²) in [4.78, 5) is 0. The van der Waals surface area contributed by atoms with Gasteiger partial charge in [0.05, 0.1) is 6.10 Å². The highest BCUT2D eigenvalue weighted by atomic mass is 16.3. The summed E-state index contributed by atoms with van der Waals surface area (Å²) in [6.45, 7) is 6.79. The lowest BCUT2D eigenvalue weighted by Gasteiger charge is -2.23. The quantitative estimate of drug-likeness (QED) is 0.308. The molecule has 0 bridgehead atoms. The van der Waals surface area contributed by atoms with Gasteiger partial charge in [-0.25, -0.2) is 0 Å². The minimum atomic E-state index is -0.0369. The van der Waals surface area contributed by atoms with E-state index in [1.807, 2.05) is 0 Å². The molecule has 1 N–H and O–H groups in total. The first-order valence-corrected chi connectivity index (χ1v) is 9.94. The fourth-order valence-corrected chi connectivity index (χ4v) is 3.21. The third-order valence-corrected chi connectivity index (χ3v) is 4.75. The van der Waals surface area contributed by atoms with E-state index in [1.54, 1.807) is 0 Å². The molecule has 21 heavy (non-hydrogen) atoms. The highest BCUT2D eigenvalue weighted by Gasteiger charge is 2.18. The Hall–Kier alpha value is -0.0400. The Morgan fingerprint density at radius 1 is 0.524 bits per heavy atom. The Morgan fingerprint density at radius 2 is 0.905 bits per heavy atom. The van der Waals surface area contributed by atoms with Crippen LogP contribution in [0.2, 0.25) is 0 Å². The lowest BCUT2D eigenvalue weighted by molar-refractivity contribution is 0.0830. The van der Waals surface area contributed by atoms with Crippen LogP contribution in [0.4, 0.5) is 0 Å². The van der Waals surface area contributed by atoms with Gasteiger partial charge in [-0.2, -0.15) is 0 Å². The molecule has 0 heterocycles. The van der Waals surface area contributed by atoms with Gasteiger partial charge in [0.1, 0.15) is 0 Å². The second kappa shape index (κ2) is 16.3. The summed E-state index contributed by atoms with van der Waals surface area (Å²) in [7, 11) is 0. The van der Waals surface area contributed by atoms with Gasteiger partial charge >= 0.3 is 0 Å². The summed E-state index contributed by atoms with van der Waals surface area (Å²) in [5.74, 6) is 0.570. The number of rotatable bonds is 16. The smallest absolute Gasteiger partial charge is 0.0568 e. The van der Waals surface area contributed by atoms with E-state index < -0.39 is 0 Å². The number of unbranched alkanes of at least 4 members (excludes halogenated alkanes) is 9. The van der Waals surface area contributed by atoms with Crippen LogP contribution in [0.3, 0.4) is 0 Å². The van der Waals surface area contributed by atoms with Gasteiger partial charge in [-0.1, -0.05) is 97.8 Å². The van der Waals surface area contributed by atoms with Gasteiger partial charge in [-0.05, 0) is 25.2 Å². The van der Waals surface area contributed by atoms with E-state index in [2.05, 4.69) is 20.8 Å². The highest BCUT2D eigenvalue weighted by Crippen LogP contribution is 2.24. The standard InChI is InChI=1S/C20H42O/c1-4-7-10-13-16-19(17-14-11-8-5-2)20(21)18-15-12-9-6-3/h19-21H,4-18H2,1-3H3. The molecular formula is C20H42O. The summed E-state index contributed by atoms with van der Waals surface area (Å²) < 4.78 is 0. The molecule has 1 nitrogen and oxygen atoms in total. The summed E-state index contributed by atoms with van der Waals surface area (Å²) in [5, 5.41) is 10.5. The molecule has 0 spiro atoms. The lowest BCUT2D eigenvalue weighted by atomic mass is 9.87. The predicted octanol–water partition coefficient (Wildman–Crippen LogP) is 6.87. The van der Waals surface area contributed by atoms with Gasteiger partial charge in [0.15, 0.2) is 0 Å². The number of aliphatic hydroxyl groups excluding tert-OH is 1. The monoisotopic (exact) mass is 298 g/mol. The second-order valence-corrected chi connectivity index (χ2v) is 6.88. The van der Waals surface area contributed by atoms with Crippen LogP contribution in [0.25, 0.3) is 0 Å². The molecule has 0 saturated carbocycles. The van der Waals surface area contributed by atoms with Crippen LogP contribution in [0.15, 0.2) is 0 Å². The van der Waals surface area contributed by atoms with E-state index >= 15 is 0 Å². The molecule has 1 unspecified atom stereocenters. The molecular weight excluding hydrogens is 256 g/mol. The van der Waals surface area contributed by atoms with Gasteiger partial charge < -0.3 is 5.11 Å². The van der Waals surface area contributed by atoms with E-state index in [1.165, 1.54) is 89.9 Å². The zero-order valence-electron chi connectivity index (χ0n) is 15.2. The van der Waals surface area contributed by atoms with Gasteiger partial charge in [-0.3, -0.25) is 0 Å². The second-order valence-electron chi connectivity index (χ2n) is 6.88. The molecule has 0 saturated heterocycles. The summed E-state index contributed by atoms with van der Waals surface area (Å²) >= 11 is 0. The minimum Gasteiger partial charge on any atom is -0.393 e. The highest BCUT2D eigenvalue weighted by molar-refractivity contribution is 4.70.